The van der Waals surface area contributed by atoms with Crippen molar-refractivity contribution in [2.45, 2.75) is 102 Å². The Morgan fingerprint density at radius 3 is 2.16 bits per heavy atom. The van der Waals surface area contributed by atoms with Crippen molar-refractivity contribution in [2.24, 2.45) is 5.92 Å². The smallest absolute Gasteiger partial charge is 0.248 e. The predicted molar refractivity (Wildman–Crippen MR) is 176 cm³/mol. The van der Waals surface area contributed by atoms with E-state index in [0.29, 0.717) is 19.4 Å². The Morgan fingerprint density at radius 2 is 1.57 bits per heavy atom. The lowest BCUT2D eigenvalue weighted by atomic mass is 9.78. The van der Waals surface area contributed by atoms with Gasteiger partial charge in [0.25, 0.3) is 0 Å². The van der Waals surface area contributed by atoms with Crippen LogP contribution in [0.4, 0.5) is 5.69 Å². The molecule has 2 saturated heterocycles. The highest BCUT2D eigenvalue weighted by Gasteiger charge is 2.55. The molecule has 9 heteroatoms. The maximum absolute atomic E-state index is 13.8. The quantitative estimate of drug-likeness (QED) is 0.343. The number of piperidine rings is 1. The molecule has 3 amide bonds. The highest BCUT2D eigenvalue weighted by atomic mass is 35.5. The Balaban J connectivity index is 0.00000442. The van der Waals surface area contributed by atoms with E-state index in [1.54, 1.807) is 0 Å². The fraction of sp³-hybridized carbons (Fsp3) is 0.571. The number of carbonyl (C=O) groups excluding carboxylic acids is 3. The van der Waals surface area contributed by atoms with Gasteiger partial charge in [-0.3, -0.25) is 19.3 Å². The molecule has 240 valence electrons. The lowest BCUT2D eigenvalue weighted by Gasteiger charge is -2.52. The number of nitrogens with zero attached hydrogens (tertiary/aromatic N) is 2. The summed E-state index contributed by atoms with van der Waals surface area (Å²) in [6.07, 6.45) is 8.18. The van der Waals surface area contributed by atoms with E-state index in [9.17, 15) is 19.5 Å². The lowest BCUT2D eigenvalue weighted by molar-refractivity contribution is -0.166. The van der Waals surface area contributed by atoms with Crippen molar-refractivity contribution < 1.29 is 19.5 Å². The van der Waals surface area contributed by atoms with E-state index in [1.165, 1.54) is 30.0 Å². The number of unbranched alkanes of at least 4 members (excludes halogenated alkanes) is 1. The first-order valence-electron chi connectivity index (χ1n) is 16.3. The molecule has 1 aliphatic carbocycles. The Labute approximate surface area is 268 Å². The third-order valence-electron chi connectivity index (χ3n) is 9.76. The van der Waals surface area contributed by atoms with Gasteiger partial charge in [-0.1, -0.05) is 69.0 Å². The molecule has 2 aromatic carbocycles. The van der Waals surface area contributed by atoms with Crippen molar-refractivity contribution in [3.05, 3.63) is 65.2 Å². The summed E-state index contributed by atoms with van der Waals surface area (Å²) in [5, 5.41) is 17.0. The van der Waals surface area contributed by atoms with Gasteiger partial charge in [0.15, 0.2) is 0 Å². The van der Waals surface area contributed by atoms with Gasteiger partial charge < -0.3 is 20.6 Å². The first kappa shape index (κ1) is 33.9. The molecule has 3 fully saturated rings. The lowest BCUT2D eigenvalue weighted by Crippen LogP contribution is -2.75. The normalized spacial score (nSPS) is 21.4. The molecular weight excluding hydrogens is 576 g/mol. The summed E-state index contributed by atoms with van der Waals surface area (Å²) < 4.78 is 0. The van der Waals surface area contributed by atoms with E-state index in [2.05, 4.69) is 46.7 Å². The second-order valence-corrected chi connectivity index (χ2v) is 12.9. The topological polar surface area (TPSA) is 102 Å². The Hall–Kier alpha value is -2.94. The van der Waals surface area contributed by atoms with Crippen LogP contribution in [0.5, 0.6) is 0 Å². The molecule has 8 nitrogen and oxygen atoms in total. The summed E-state index contributed by atoms with van der Waals surface area (Å²) in [5.41, 5.74) is 3.61. The van der Waals surface area contributed by atoms with Gasteiger partial charge in [0.1, 0.15) is 11.6 Å². The maximum atomic E-state index is 13.8. The van der Waals surface area contributed by atoms with Crippen LogP contribution in [0.1, 0.15) is 88.3 Å². The van der Waals surface area contributed by atoms with E-state index >= 15 is 0 Å². The van der Waals surface area contributed by atoms with Crippen LogP contribution in [0.25, 0.3) is 0 Å². The monoisotopic (exact) mass is 624 g/mol. The van der Waals surface area contributed by atoms with Crippen molar-refractivity contribution in [3.8, 4) is 0 Å². The third kappa shape index (κ3) is 7.82. The van der Waals surface area contributed by atoms with Gasteiger partial charge in [0, 0.05) is 38.8 Å². The number of nitrogens with one attached hydrogen (secondary N) is 2. The molecule has 0 bridgehead atoms. The van der Waals surface area contributed by atoms with E-state index in [4.69, 9.17) is 0 Å². The molecule has 0 aromatic heterocycles. The number of piperazine rings is 1. The highest BCUT2D eigenvalue weighted by Crippen LogP contribution is 2.36. The van der Waals surface area contributed by atoms with Crippen molar-refractivity contribution >= 4 is 35.8 Å². The van der Waals surface area contributed by atoms with Gasteiger partial charge in [-0.25, -0.2) is 0 Å². The first-order chi connectivity index (χ1) is 20.8. The minimum atomic E-state index is -0.829. The summed E-state index contributed by atoms with van der Waals surface area (Å²) in [6.45, 7) is 6.45. The molecule has 5 rings (SSSR count). The zero-order valence-electron chi connectivity index (χ0n) is 26.2. The molecule has 1 saturated carbocycles. The predicted octanol–water partition coefficient (Wildman–Crippen LogP) is 5.06. The summed E-state index contributed by atoms with van der Waals surface area (Å²) >= 11 is 0. The number of carbonyl (C=O) groups is 3. The zero-order chi connectivity index (χ0) is 30.4. The molecule has 0 unspecified atom stereocenters. The van der Waals surface area contributed by atoms with Crippen LogP contribution in [0.15, 0.2) is 48.5 Å². The Morgan fingerprint density at radius 1 is 0.977 bits per heavy atom. The summed E-state index contributed by atoms with van der Waals surface area (Å²) in [7, 11) is 0. The number of benzene rings is 2. The highest BCUT2D eigenvalue weighted by molar-refractivity contribution is 6.00. The largest absolute Gasteiger partial charge is 0.390 e. The van der Waals surface area contributed by atoms with Crippen molar-refractivity contribution in [1.29, 1.82) is 0 Å². The molecule has 2 heterocycles. The Bertz CT molecular complexity index is 1250. The molecule has 3 aliphatic rings. The van der Waals surface area contributed by atoms with Crippen LogP contribution in [0, 0.1) is 5.92 Å². The van der Waals surface area contributed by atoms with Gasteiger partial charge in [-0.2, -0.15) is 0 Å². The average Bonchev–Trinajstić information content (AvgIpc) is 3.02. The number of halogens is 1. The zero-order valence-corrected chi connectivity index (χ0v) is 27.0. The third-order valence-corrected chi connectivity index (χ3v) is 9.76. The Kier molecular flexibility index (Phi) is 11.9. The second kappa shape index (κ2) is 15.4. The number of amides is 3. The van der Waals surface area contributed by atoms with E-state index < -0.39 is 17.7 Å². The van der Waals surface area contributed by atoms with Crippen LogP contribution < -0.4 is 10.6 Å². The van der Waals surface area contributed by atoms with Gasteiger partial charge >= 0.3 is 0 Å². The minimum Gasteiger partial charge on any atom is -0.390 e. The van der Waals surface area contributed by atoms with Crippen LogP contribution in [-0.4, -0.2) is 69.9 Å². The number of aliphatic hydroxyl groups is 1. The van der Waals surface area contributed by atoms with Crippen LogP contribution in [0.2, 0.25) is 0 Å². The van der Waals surface area contributed by atoms with E-state index in [1.807, 2.05) is 29.2 Å². The molecule has 0 radical (unpaired) electrons. The number of hydrogen-bond donors (Lipinski definition) is 3. The van der Waals surface area contributed by atoms with Crippen LogP contribution in [-0.2, 0) is 27.3 Å². The van der Waals surface area contributed by atoms with Crippen molar-refractivity contribution in [3.63, 3.8) is 0 Å². The molecule has 1 spiro atoms. The number of rotatable bonds is 10. The molecule has 44 heavy (non-hydrogen) atoms. The van der Waals surface area contributed by atoms with Gasteiger partial charge in [-0.15, -0.1) is 12.4 Å². The number of aliphatic hydroxyl groups excluding tert-OH is 1. The van der Waals surface area contributed by atoms with Crippen molar-refractivity contribution in [2.75, 3.05) is 25.0 Å². The van der Waals surface area contributed by atoms with Crippen molar-refractivity contribution in [1.82, 2.24) is 15.1 Å². The number of anilines is 1. The second-order valence-electron chi connectivity index (χ2n) is 12.9. The van der Waals surface area contributed by atoms with Gasteiger partial charge in [0.2, 0.25) is 17.7 Å². The SMILES string of the molecule is CCCCN1C(=O)[C@@H]([C@H](O)C2CCCCC2)NC(=O)C12CCN(Cc1ccc(Cc3ccc(NC(C)=O)cc3)cc1)CC2.Cl. The molecule has 3 N–H and O–H groups in total. The fourth-order valence-corrected chi connectivity index (χ4v) is 7.20. The maximum Gasteiger partial charge on any atom is 0.248 e. The molecule has 2 aliphatic heterocycles. The molecule has 2 atom stereocenters. The summed E-state index contributed by atoms with van der Waals surface area (Å²) in [4.78, 5) is 43.1. The summed E-state index contributed by atoms with van der Waals surface area (Å²) in [6, 6.07) is 15.8. The van der Waals surface area contributed by atoms with E-state index in [-0.39, 0.29) is 36.0 Å². The first-order valence-corrected chi connectivity index (χ1v) is 16.3. The summed E-state index contributed by atoms with van der Waals surface area (Å²) in [5.74, 6) is -0.180. The van der Waals surface area contributed by atoms with Crippen LogP contribution in [0.3, 0.4) is 0 Å². The standard InChI is InChI=1S/C35H48N4O4.ClH/c1-3-4-20-39-33(42)31(32(41)29-8-6-5-7-9-29)37-34(43)35(39)18-21-38(22-19-35)24-28-12-10-26(11-13-28)23-27-14-16-30(17-15-27)36-25(2)40;/h10-17,29,31-32,41H,3-9,18-24H2,1-2H3,(H,36,40)(H,37,43);1H/t31-,32-;/m1./s1. The fourth-order valence-electron chi connectivity index (χ4n) is 7.20. The van der Waals surface area contributed by atoms with E-state index in [0.717, 1.165) is 70.3 Å². The molecule has 2 aromatic rings. The van der Waals surface area contributed by atoms with Gasteiger partial charge in [0.05, 0.1) is 6.10 Å². The average molecular weight is 625 g/mol. The molecular formula is C35H49ClN4O4. The minimum absolute atomic E-state index is 0. The number of likely N-dealkylation sites (tertiary alicyclic amines) is 1. The number of hydrogen-bond acceptors (Lipinski definition) is 5. The van der Waals surface area contributed by atoms with Gasteiger partial charge in [-0.05, 0) is 73.3 Å². The van der Waals surface area contributed by atoms with Crippen LogP contribution >= 0.6 is 12.4 Å².